The van der Waals surface area contributed by atoms with E-state index in [9.17, 15) is 9.90 Å². The van der Waals surface area contributed by atoms with Gasteiger partial charge in [-0.25, -0.2) is 0 Å². The molecule has 24 heavy (non-hydrogen) atoms. The molecule has 5 heteroatoms. The van der Waals surface area contributed by atoms with Gasteiger partial charge in [-0.2, -0.15) is 0 Å². The molecule has 2 N–H and O–H groups in total. The fourth-order valence-electron chi connectivity index (χ4n) is 2.55. The average Bonchev–Trinajstić information content (AvgIpc) is 2.61. The Morgan fingerprint density at radius 1 is 1.21 bits per heavy atom. The lowest BCUT2D eigenvalue weighted by molar-refractivity contribution is -0.129. The number of nitrogens with one attached hydrogen (secondary N) is 1. The zero-order valence-corrected chi connectivity index (χ0v) is 14.6. The minimum atomic E-state index is -1.26. The number of carbonyl (C=O) groups is 1. The summed E-state index contributed by atoms with van der Waals surface area (Å²) in [4.78, 5) is 11.9. The summed E-state index contributed by atoms with van der Waals surface area (Å²) in [5, 5.41) is 13.3. The van der Waals surface area contributed by atoms with Gasteiger partial charge >= 0.3 is 0 Å². The predicted octanol–water partition coefficient (Wildman–Crippen LogP) is 4.04. The predicted molar refractivity (Wildman–Crippen MR) is 95.2 cm³/mol. The van der Waals surface area contributed by atoms with E-state index in [1.807, 2.05) is 30.3 Å². The van der Waals surface area contributed by atoms with Crippen molar-refractivity contribution in [3.05, 3.63) is 64.7 Å². The van der Waals surface area contributed by atoms with Crippen molar-refractivity contribution >= 4 is 17.5 Å². The number of para-hydroxylation sites is 1. The van der Waals surface area contributed by atoms with Crippen LogP contribution >= 0.6 is 11.6 Å². The molecule has 0 aromatic heterocycles. The van der Waals surface area contributed by atoms with E-state index in [0.29, 0.717) is 10.6 Å². The van der Waals surface area contributed by atoms with Crippen LogP contribution in [0.25, 0.3) is 0 Å². The second-order valence-corrected chi connectivity index (χ2v) is 5.93. The van der Waals surface area contributed by atoms with Crippen molar-refractivity contribution in [1.82, 2.24) is 5.32 Å². The molecule has 0 heterocycles. The molecule has 0 aliphatic rings. The van der Waals surface area contributed by atoms with Crippen molar-refractivity contribution in [3.8, 4) is 5.75 Å². The molecular weight excluding hydrogens is 326 g/mol. The molecule has 2 unspecified atom stereocenters. The van der Waals surface area contributed by atoms with Gasteiger partial charge in [0.1, 0.15) is 11.9 Å². The van der Waals surface area contributed by atoms with Gasteiger partial charge in [-0.1, -0.05) is 49.2 Å². The van der Waals surface area contributed by atoms with Crippen molar-refractivity contribution in [2.45, 2.75) is 32.0 Å². The number of likely N-dealkylation sites (N-methyl/N-ethyl adjacent to an activating group) is 1. The minimum absolute atomic E-state index is 0.301. The lowest BCUT2D eigenvalue weighted by Gasteiger charge is -2.23. The molecule has 2 aromatic rings. The Balaban J connectivity index is 2.41. The molecule has 2 aromatic carbocycles. The van der Waals surface area contributed by atoms with Gasteiger partial charge in [0.2, 0.25) is 0 Å². The molecule has 0 radical (unpaired) electrons. The Morgan fingerprint density at radius 2 is 1.92 bits per heavy atom. The molecule has 2 atom stereocenters. The summed E-state index contributed by atoms with van der Waals surface area (Å²) in [6.45, 7) is 2.06. The lowest BCUT2D eigenvalue weighted by atomic mass is 9.95. The standard InChI is InChI=1S/C19H22ClNO3/c1-3-7-17(24-14-8-5-4-6-9-14)16-12-13(20)10-11-15(16)18(22)19(23)21-2/h4-6,8-12,17-18,22H,3,7H2,1-2H3,(H,21,23). The average molecular weight is 348 g/mol. The van der Waals surface area contributed by atoms with Gasteiger partial charge in [0, 0.05) is 17.6 Å². The van der Waals surface area contributed by atoms with E-state index in [1.54, 1.807) is 18.2 Å². The van der Waals surface area contributed by atoms with Crippen molar-refractivity contribution < 1.29 is 14.6 Å². The topological polar surface area (TPSA) is 58.6 Å². The van der Waals surface area contributed by atoms with E-state index in [0.717, 1.165) is 24.2 Å². The molecule has 0 aliphatic carbocycles. The fraction of sp³-hybridized carbons (Fsp3) is 0.316. The van der Waals surface area contributed by atoms with Crippen LogP contribution in [0, 0.1) is 0 Å². The van der Waals surface area contributed by atoms with Crippen LogP contribution in [0.4, 0.5) is 0 Å². The van der Waals surface area contributed by atoms with Gasteiger partial charge in [-0.3, -0.25) is 4.79 Å². The molecule has 0 bridgehead atoms. The van der Waals surface area contributed by atoms with Gasteiger partial charge in [-0.05, 0) is 36.2 Å². The molecule has 4 nitrogen and oxygen atoms in total. The van der Waals surface area contributed by atoms with Crippen LogP contribution in [-0.4, -0.2) is 18.1 Å². The SMILES string of the molecule is CCCC(Oc1ccccc1)c1cc(Cl)ccc1C(O)C(=O)NC. The highest BCUT2D eigenvalue weighted by Crippen LogP contribution is 2.33. The molecule has 0 saturated heterocycles. The molecule has 128 valence electrons. The van der Waals surface area contributed by atoms with Gasteiger partial charge in [-0.15, -0.1) is 0 Å². The van der Waals surface area contributed by atoms with E-state index in [1.165, 1.54) is 7.05 Å². The highest BCUT2D eigenvalue weighted by atomic mass is 35.5. The first-order valence-corrected chi connectivity index (χ1v) is 8.35. The Morgan fingerprint density at radius 3 is 2.54 bits per heavy atom. The maximum atomic E-state index is 11.9. The summed E-state index contributed by atoms with van der Waals surface area (Å²) in [6.07, 6.45) is 0.0637. The van der Waals surface area contributed by atoms with Crippen LogP contribution in [0.3, 0.4) is 0 Å². The largest absolute Gasteiger partial charge is 0.486 e. The second kappa shape index (κ2) is 8.71. The summed E-state index contributed by atoms with van der Waals surface area (Å²) in [6, 6.07) is 14.6. The first kappa shape index (κ1) is 18.3. The molecular formula is C19H22ClNO3. The number of rotatable bonds is 7. The summed E-state index contributed by atoms with van der Waals surface area (Å²) in [5.41, 5.74) is 1.23. The molecule has 0 spiro atoms. The fourth-order valence-corrected chi connectivity index (χ4v) is 2.74. The minimum Gasteiger partial charge on any atom is -0.486 e. The number of aliphatic hydroxyl groups excluding tert-OH is 1. The maximum absolute atomic E-state index is 11.9. The molecule has 1 amide bonds. The number of aliphatic hydroxyl groups is 1. The molecule has 0 aliphatic heterocycles. The lowest BCUT2D eigenvalue weighted by Crippen LogP contribution is -2.27. The number of hydrogen-bond acceptors (Lipinski definition) is 3. The summed E-state index contributed by atoms with van der Waals surface area (Å²) < 4.78 is 6.10. The van der Waals surface area contributed by atoms with Gasteiger partial charge in [0.25, 0.3) is 5.91 Å². The zero-order valence-electron chi connectivity index (χ0n) is 13.8. The summed E-state index contributed by atoms with van der Waals surface area (Å²) >= 11 is 6.14. The van der Waals surface area contributed by atoms with Crippen LogP contribution in [0.5, 0.6) is 5.75 Å². The smallest absolute Gasteiger partial charge is 0.253 e. The van der Waals surface area contributed by atoms with Gasteiger partial charge in [0.15, 0.2) is 6.10 Å². The Hall–Kier alpha value is -2.04. The van der Waals surface area contributed by atoms with Crippen molar-refractivity contribution in [2.75, 3.05) is 7.05 Å². The van der Waals surface area contributed by atoms with Crippen molar-refractivity contribution in [1.29, 1.82) is 0 Å². The Kier molecular flexibility index (Phi) is 6.64. The third-order valence-corrected chi connectivity index (χ3v) is 3.99. The van der Waals surface area contributed by atoms with Crippen molar-refractivity contribution in [3.63, 3.8) is 0 Å². The summed E-state index contributed by atoms with van der Waals surface area (Å²) in [7, 11) is 1.49. The van der Waals surface area contributed by atoms with E-state index in [2.05, 4.69) is 12.2 Å². The first-order valence-electron chi connectivity index (χ1n) is 7.97. The van der Waals surface area contributed by atoms with Crippen LogP contribution in [0.15, 0.2) is 48.5 Å². The summed E-state index contributed by atoms with van der Waals surface area (Å²) in [5.74, 6) is 0.268. The highest BCUT2D eigenvalue weighted by molar-refractivity contribution is 6.30. The van der Waals surface area contributed by atoms with Crippen LogP contribution in [-0.2, 0) is 4.79 Å². The number of ether oxygens (including phenoxy) is 1. The normalized spacial score (nSPS) is 13.2. The van der Waals surface area contributed by atoms with E-state index in [4.69, 9.17) is 16.3 Å². The van der Waals surface area contributed by atoms with Crippen LogP contribution < -0.4 is 10.1 Å². The zero-order chi connectivity index (χ0) is 17.5. The van der Waals surface area contributed by atoms with E-state index < -0.39 is 12.0 Å². The third-order valence-electron chi connectivity index (χ3n) is 3.76. The van der Waals surface area contributed by atoms with E-state index in [-0.39, 0.29) is 6.10 Å². The number of amides is 1. The number of benzene rings is 2. The van der Waals surface area contributed by atoms with Crippen molar-refractivity contribution in [2.24, 2.45) is 0 Å². The first-order chi connectivity index (χ1) is 11.6. The van der Waals surface area contributed by atoms with E-state index >= 15 is 0 Å². The van der Waals surface area contributed by atoms with Gasteiger partial charge in [0.05, 0.1) is 0 Å². The van der Waals surface area contributed by atoms with Crippen LogP contribution in [0.2, 0.25) is 5.02 Å². The van der Waals surface area contributed by atoms with Crippen LogP contribution in [0.1, 0.15) is 43.1 Å². The monoisotopic (exact) mass is 347 g/mol. The molecule has 2 rings (SSSR count). The quantitative estimate of drug-likeness (QED) is 0.794. The molecule has 0 fully saturated rings. The maximum Gasteiger partial charge on any atom is 0.253 e. The third kappa shape index (κ3) is 4.49. The Labute approximate surface area is 147 Å². The Bertz CT molecular complexity index is 676. The highest BCUT2D eigenvalue weighted by Gasteiger charge is 2.24. The molecule has 0 saturated carbocycles. The second-order valence-electron chi connectivity index (χ2n) is 5.50. The number of carbonyl (C=O) groups excluding carboxylic acids is 1. The van der Waals surface area contributed by atoms with Gasteiger partial charge < -0.3 is 15.2 Å². The number of halogens is 1. The number of hydrogen-bond donors (Lipinski definition) is 2.